The number of piperidine rings is 1. The molecule has 116 valence electrons. The Hall–Kier alpha value is -1.87. The van der Waals surface area contributed by atoms with E-state index < -0.39 is 6.10 Å². The first-order valence-electron chi connectivity index (χ1n) is 8.05. The predicted molar refractivity (Wildman–Crippen MR) is 90.0 cm³/mol. The number of aryl methyl sites for hydroxylation is 2. The molecule has 22 heavy (non-hydrogen) atoms. The summed E-state index contributed by atoms with van der Waals surface area (Å²) >= 11 is 0. The lowest BCUT2D eigenvalue weighted by Crippen LogP contribution is -2.35. The molecule has 2 aromatic rings. The molecule has 1 atom stereocenters. The molecule has 1 unspecified atom stereocenters. The molecule has 3 heteroatoms. The summed E-state index contributed by atoms with van der Waals surface area (Å²) < 4.78 is 0. The number of pyridine rings is 1. The highest BCUT2D eigenvalue weighted by Gasteiger charge is 2.26. The standard InChI is InChI=1S/C19H24N2O/c1-14-5-6-18(12-15(14)2)21-10-7-16(8-11-21)19(22)17-4-3-9-20-13-17/h3-6,9,12-13,16,19,22H,7-8,10-11H2,1-2H3. The van der Waals surface area contributed by atoms with Crippen LogP contribution in [0.25, 0.3) is 0 Å². The van der Waals surface area contributed by atoms with Gasteiger partial charge in [0.25, 0.3) is 0 Å². The zero-order valence-corrected chi connectivity index (χ0v) is 13.4. The van der Waals surface area contributed by atoms with Crippen LogP contribution in [0.2, 0.25) is 0 Å². The van der Waals surface area contributed by atoms with Gasteiger partial charge in [-0.15, -0.1) is 0 Å². The third kappa shape index (κ3) is 3.14. The predicted octanol–water partition coefficient (Wildman–Crippen LogP) is 3.65. The van der Waals surface area contributed by atoms with E-state index in [-0.39, 0.29) is 0 Å². The summed E-state index contributed by atoms with van der Waals surface area (Å²) in [6.07, 6.45) is 5.17. The highest BCUT2D eigenvalue weighted by Crippen LogP contribution is 2.32. The molecule has 1 aromatic heterocycles. The van der Waals surface area contributed by atoms with Crippen LogP contribution in [0.4, 0.5) is 5.69 Å². The lowest BCUT2D eigenvalue weighted by Gasteiger charge is -2.36. The number of aliphatic hydroxyl groups is 1. The minimum atomic E-state index is -0.393. The molecule has 0 amide bonds. The van der Waals surface area contributed by atoms with Crippen molar-refractivity contribution in [2.24, 2.45) is 5.92 Å². The van der Waals surface area contributed by atoms with Crippen LogP contribution in [0.1, 0.15) is 35.6 Å². The van der Waals surface area contributed by atoms with Gasteiger partial charge >= 0.3 is 0 Å². The molecule has 0 radical (unpaired) electrons. The van der Waals surface area contributed by atoms with Crippen LogP contribution in [0.3, 0.4) is 0 Å². The fourth-order valence-electron chi connectivity index (χ4n) is 3.22. The molecule has 3 nitrogen and oxygen atoms in total. The van der Waals surface area contributed by atoms with E-state index in [4.69, 9.17) is 0 Å². The lowest BCUT2D eigenvalue weighted by molar-refractivity contribution is 0.0926. The number of aromatic nitrogens is 1. The summed E-state index contributed by atoms with van der Waals surface area (Å²) in [6.45, 7) is 6.32. The maximum Gasteiger partial charge on any atom is 0.0834 e. The summed E-state index contributed by atoms with van der Waals surface area (Å²) in [6, 6.07) is 10.5. The highest BCUT2D eigenvalue weighted by molar-refractivity contribution is 5.50. The van der Waals surface area contributed by atoms with Gasteiger partial charge in [-0.3, -0.25) is 4.98 Å². The van der Waals surface area contributed by atoms with Gasteiger partial charge in [-0.2, -0.15) is 0 Å². The number of rotatable bonds is 3. The van der Waals surface area contributed by atoms with Gasteiger partial charge in [-0.25, -0.2) is 0 Å². The van der Waals surface area contributed by atoms with E-state index in [0.29, 0.717) is 5.92 Å². The number of benzene rings is 1. The Bertz CT molecular complexity index is 619. The second-order valence-electron chi connectivity index (χ2n) is 6.32. The number of hydrogen-bond donors (Lipinski definition) is 1. The lowest BCUT2D eigenvalue weighted by atomic mass is 9.88. The van der Waals surface area contributed by atoms with Crippen molar-refractivity contribution in [3.05, 3.63) is 59.4 Å². The Morgan fingerprint density at radius 2 is 1.91 bits per heavy atom. The van der Waals surface area contributed by atoms with Gasteiger partial charge in [0, 0.05) is 31.2 Å². The molecule has 0 aliphatic carbocycles. The van der Waals surface area contributed by atoms with Crippen molar-refractivity contribution in [3.8, 4) is 0 Å². The molecule has 1 aliphatic rings. The van der Waals surface area contributed by atoms with Crippen LogP contribution < -0.4 is 4.90 Å². The van der Waals surface area contributed by atoms with E-state index >= 15 is 0 Å². The average molecular weight is 296 g/mol. The minimum absolute atomic E-state index is 0.326. The van der Waals surface area contributed by atoms with Crippen molar-refractivity contribution in [1.82, 2.24) is 4.98 Å². The van der Waals surface area contributed by atoms with Gasteiger partial charge in [0.2, 0.25) is 0 Å². The molecule has 0 bridgehead atoms. The molecular formula is C19H24N2O. The second kappa shape index (κ2) is 6.49. The quantitative estimate of drug-likeness (QED) is 0.939. The van der Waals surface area contributed by atoms with E-state index in [2.05, 4.69) is 41.9 Å². The third-order valence-electron chi connectivity index (χ3n) is 4.87. The van der Waals surface area contributed by atoms with E-state index in [0.717, 1.165) is 31.5 Å². The fraction of sp³-hybridized carbons (Fsp3) is 0.421. The van der Waals surface area contributed by atoms with Crippen LogP contribution >= 0.6 is 0 Å². The first-order chi connectivity index (χ1) is 10.6. The van der Waals surface area contributed by atoms with E-state index in [9.17, 15) is 5.11 Å². The van der Waals surface area contributed by atoms with Gasteiger partial charge in [-0.1, -0.05) is 12.1 Å². The highest BCUT2D eigenvalue weighted by atomic mass is 16.3. The van der Waals surface area contributed by atoms with Crippen molar-refractivity contribution in [1.29, 1.82) is 0 Å². The molecule has 1 aliphatic heterocycles. The summed E-state index contributed by atoms with van der Waals surface area (Å²) in [7, 11) is 0. The first kappa shape index (κ1) is 15.0. The SMILES string of the molecule is Cc1ccc(N2CCC(C(O)c3cccnc3)CC2)cc1C. The maximum absolute atomic E-state index is 10.5. The van der Waals surface area contributed by atoms with E-state index in [1.807, 2.05) is 12.1 Å². The van der Waals surface area contributed by atoms with Crippen LogP contribution in [0, 0.1) is 19.8 Å². The smallest absolute Gasteiger partial charge is 0.0834 e. The van der Waals surface area contributed by atoms with Gasteiger partial charge < -0.3 is 10.0 Å². The van der Waals surface area contributed by atoms with Crippen molar-refractivity contribution >= 4 is 5.69 Å². The Kier molecular flexibility index (Phi) is 4.44. The molecule has 1 aromatic carbocycles. The molecular weight excluding hydrogens is 272 g/mol. The second-order valence-corrected chi connectivity index (χ2v) is 6.32. The van der Waals surface area contributed by atoms with Crippen molar-refractivity contribution < 1.29 is 5.11 Å². The molecule has 0 spiro atoms. The average Bonchev–Trinajstić information content (AvgIpc) is 2.58. The summed E-state index contributed by atoms with van der Waals surface area (Å²) in [5.74, 6) is 0.326. The van der Waals surface area contributed by atoms with Crippen LogP contribution in [-0.4, -0.2) is 23.2 Å². The van der Waals surface area contributed by atoms with Crippen molar-refractivity contribution in [2.45, 2.75) is 32.8 Å². The molecule has 1 saturated heterocycles. The third-order valence-corrected chi connectivity index (χ3v) is 4.87. The Morgan fingerprint density at radius 3 is 2.55 bits per heavy atom. The molecule has 0 saturated carbocycles. The Labute approximate surface area is 132 Å². The first-order valence-corrected chi connectivity index (χ1v) is 8.05. The molecule has 1 fully saturated rings. The zero-order valence-electron chi connectivity index (χ0n) is 13.4. The Morgan fingerprint density at radius 1 is 1.14 bits per heavy atom. The normalized spacial score (nSPS) is 17.5. The van der Waals surface area contributed by atoms with Gasteiger partial charge in [0.1, 0.15) is 0 Å². The van der Waals surface area contributed by atoms with Crippen molar-refractivity contribution in [3.63, 3.8) is 0 Å². The van der Waals surface area contributed by atoms with Crippen LogP contribution in [0.5, 0.6) is 0 Å². The number of nitrogens with zero attached hydrogens (tertiary/aromatic N) is 2. The summed E-state index contributed by atoms with van der Waals surface area (Å²) in [4.78, 5) is 6.54. The van der Waals surface area contributed by atoms with Crippen LogP contribution in [-0.2, 0) is 0 Å². The molecule has 1 N–H and O–H groups in total. The monoisotopic (exact) mass is 296 g/mol. The van der Waals surface area contributed by atoms with Crippen molar-refractivity contribution in [2.75, 3.05) is 18.0 Å². The Balaban J connectivity index is 1.64. The van der Waals surface area contributed by atoms with Gasteiger partial charge in [-0.05, 0) is 67.5 Å². The number of hydrogen-bond acceptors (Lipinski definition) is 3. The van der Waals surface area contributed by atoms with Gasteiger partial charge in [0.05, 0.1) is 6.10 Å². The van der Waals surface area contributed by atoms with E-state index in [1.54, 1.807) is 12.4 Å². The largest absolute Gasteiger partial charge is 0.388 e. The van der Waals surface area contributed by atoms with Gasteiger partial charge in [0.15, 0.2) is 0 Å². The summed E-state index contributed by atoms with van der Waals surface area (Å²) in [5, 5.41) is 10.5. The minimum Gasteiger partial charge on any atom is -0.388 e. The fourth-order valence-corrected chi connectivity index (χ4v) is 3.22. The molecule has 3 rings (SSSR count). The number of aliphatic hydroxyl groups excluding tert-OH is 1. The van der Waals surface area contributed by atoms with Crippen LogP contribution in [0.15, 0.2) is 42.7 Å². The maximum atomic E-state index is 10.5. The molecule has 2 heterocycles. The topological polar surface area (TPSA) is 36.4 Å². The zero-order chi connectivity index (χ0) is 15.5. The summed E-state index contributed by atoms with van der Waals surface area (Å²) in [5.41, 5.74) is 4.92. The van der Waals surface area contributed by atoms with E-state index in [1.165, 1.54) is 16.8 Å². The number of anilines is 1.